The van der Waals surface area contributed by atoms with Crippen LogP contribution in [0.15, 0.2) is 24.3 Å². The fourth-order valence-electron chi connectivity index (χ4n) is 2.77. The Morgan fingerprint density at radius 2 is 2.29 bits per heavy atom. The Morgan fingerprint density at radius 3 is 2.94 bits per heavy atom. The summed E-state index contributed by atoms with van der Waals surface area (Å²) in [7, 11) is 1.73. The second kappa shape index (κ2) is 5.54. The lowest BCUT2D eigenvalue weighted by Crippen LogP contribution is -2.39. The zero-order chi connectivity index (χ0) is 12.1. The van der Waals surface area contributed by atoms with Gasteiger partial charge in [-0.25, -0.2) is 0 Å². The van der Waals surface area contributed by atoms with Crippen molar-refractivity contribution in [3.8, 4) is 5.75 Å². The largest absolute Gasteiger partial charge is 0.497 e. The number of benzene rings is 1. The molecule has 0 saturated carbocycles. The van der Waals surface area contributed by atoms with E-state index in [1.807, 2.05) is 6.07 Å². The molecule has 1 unspecified atom stereocenters. The van der Waals surface area contributed by atoms with Crippen molar-refractivity contribution in [3.05, 3.63) is 29.8 Å². The molecule has 1 N–H and O–H groups in total. The van der Waals surface area contributed by atoms with Gasteiger partial charge in [0.25, 0.3) is 0 Å². The van der Waals surface area contributed by atoms with Gasteiger partial charge in [-0.2, -0.15) is 0 Å². The Morgan fingerprint density at radius 1 is 1.41 bits per heavy atom. The van der Waals surface area contributed by atoms with Gasteiger partial charge < -0.3 is 10.1 Å². The highest BCUT2D eigenvalue weighted by Crippen LogP contribution is 2.28. The molecular formula is C15H23NO. The van der Waals surface area contributed by atoms with Crippen LogP contribution in [0.2, 0.25) is 0 Å². The highest BCUT2D eigenvalue weighted by Gasteiger charge is 2.30. The average Bonchev–Trinajstić information content (AvgIpc) is 2.86. The predicted molar refractivity (Wildman–Crippen MR) is 71.6 cm³/mol. The number of ether oxygens (including phenoxy) is 1. The minimum Gasteiger partial charge on any atom is -0.497 e. The van der Waals surface area contributed by atoms with E-state index in [9.17, 15) is 0 Å². The summed E-state index contributed by atoms with van der Waals surface area (Å²) in [5, 5.41) is 3.69. The monoisotopic (exact) mass is 233 g/mol. The molecule has 1 fully saturated rings. The molecule has 1 heterocycles. The van der Waals surface area contributed by atoms with E-state index in [1.54, 1.807) is 7.11 Å². The standard InChI is InChI=1S/C15H23NO/c1-3-15(9-5-11-16-15)10-8-13-6-4-7-14(12-13)17-2/h4,6-7,12,16H,3,5,8-11H2,1-2H3. The van der Waals surface area contributed by atoms with Crippen molar-refractivity contribution in [3.63, 3.8) is 0 Å². The van der Waals surface area contributed by atoms with Gasteiger partial charge in [-0.05, 0) is 56.3 Å². The van der Waals surface area contributed by atoms with Crippen molar-refractivity contribution in [1.29, 1.82) is 0 Å². The van der Waals surface area contributed by atoms with Gasteiger partial charge in [0.15, 0.2) is 0 Å². The second-order valence-corrected chi connectivity index (χ2v) is 5.02. The van der Waals surface area contributed by atoms with Gasteiger partial charge in [0.1, 0.15) is 5.75 Å². The van der Waals surface area contributed by atoms with Crippen molar-refractivity contribution in [2.45, 2.75) is 44.6 Å². The van der Waals surface area contributed by atoms with Crippen molar-refractivity contribution in [2.75, 3.05) is 13.7 Å². The zero-order valence-electron chi connectivity index (χ0n) is 11.0. The van der Waals surface area contributed by atoms with E-state index >= 15 is 0 Å². The number of aryl methyl sites for hydroxylation is 1. The maximum atomic E-state index is 5.26. The number of nitrogens with one attached hydrogen (secondary N) is 1. The van der Waals surface area contributed by atoms with Crippen LogP contribution < -0.4 is 10.1 Å². The van der Waals surface area contributed by atoms with E-state index in [-0.39, 0.29) is 0 Å². The normalized spacial score (nSPS) is 23.9. The van der Waals surface area contributed by atoms with E-state index < -0.39 is 0 Å². The smallest absolute Gasteiger partial charge is 0.119 e. The second-order valence-electron chi connectivity index (χ2n) is 5.02. The summed E-state index contributed by atoms with van der Waals surface area (Å²) in [5.74, 6) is 0.965. The van der Waals surface area contributed by atoms with Gasteiger partial charge in [-0.1, -0.05) is 19.1 Å². The van der Waals surface area contributed by atoms with Gasteiger partial charge >= 0.3 is 0 Å². The van der Waals surface area contributed by atoms with Gasteiger partial charge in [0.05, 0.1) is 7.11 Å². The highest BCUT2D eigenvalue weighted by atomic mass is 16.5. The molecule has 1 saturated heterocycles. The van der Waals surface area contributed by atoms with Crippen LogP contribution in [-0.2, 0) is 6.42 Å². The minimum atomic E-state index is 0.392. The Balaban J connectivity index is 1.96. The highest BCUT2D eigenvalue weighted by molar-refractivity contribution is 5.28. The molecule has 2 nitrogen and oxygen atoms in total. The lowest BCUT2D eigenvalue weighted by atomic mass is 9.87. The molecule has 17 heavy (non-hydrogen) atoms. The first-order valence-electron chi connectivity index (χ1n) is 6.66. The van der Waals surface area contributed by atoms with E-state index in [0.717, 1.165) is 12.2 Å². The van der Waals surface area contributed by atoms with Crippen molar-refractivity contribution in [1.82, 2.24) is 5.32 Å². The molecular weight excluding hydrogens is 210 g/mol. The Kier molecular flexibility index (Phi) is 4.06. The molecule has 2 rings (SSSR count). The van der Waals surface area contributed by atoms with E-state index in [4.69, 9.17) is 4.74 Å². The summed E-state index contributed by atoms with van der Waals surface area (Å²) in [5.41, 5.74) is 1.77. The summed E-state index contributed by atoms with van der Waals surface area (Å²) in [6.45, 7) is 3.48. The van der Waals surface area contributed by atoms with Crippen molar-refractivity contribution in [2.24, 2.45) is 0 Å². The first-order chi connectivity index (χ1) is 8.28. The van der Waals surface area contributed by atoms with Crippen molar-refractivity contribution >= 4 is 0 Å². The number of rotatable bonds is 5. The maximum absolute atomic E-state index is 5.26. The molecule has 0 bridgehead atoms. The SMILES string of the molecule is CCC1(CCc2cccc(OC)c2)CCCN1. The van der Waals surface area contributed by atoms with Crippen LogP contribution in [0.5, 0.6) is 5.75 Å². The van der Waals surface area contributed by atoms with E-state index in [1.165, 1.54) is 37.8 Å². The summed E-state index contributed by atoms with van der Waals surface area (Å²) in [6, 6.07) is 8.43. The fourth-order valence-corrected chi connectivity index (χ4v) is 2.77. The Hall–Kier alpha value is -1.02. The van der Waals surface area contributed by atoms with Crippen LogP contribution in [0.4, 0.5) is 0 Å². The summed E-state index contributed by atoms with van der Waals surface area (Å²) < 4.78 is 5.26. The Bertz CT molecular complexity index is 356. The summed E-state index contributed by atoms with van der Waals surface area (Å²) >= 11 is 0. The predicted octanol–water partition coefficient (Wildman–Crippen LogP) is 3.16. The quantitative estimate of drug-likeness (QED) is 0.843. The number of methoxy groups -OCH3 is 1. The molecule has 1 atom stereocenters. The topological polar surface area (TPSA) is 21.3 Å². The van der Waals surface area contributed by atoms with Crippen LogP contribution in [-0.4, -0.2) is 19.2 Å². The van der Waals surface area contributed by atoms with Crippen LogP contribution in [0, 0.1) is 0 Å². The van der Waals surface area contributed by atoms with E-state index in [2.05, 4.69) is 30.4 Å². The molecule has 0 aromatic heterocycles. The molecule has 1 aromatic carbocycles. The zero-order valence-corrected chi connectivity index (χ0v) is 11.0. The first-order valence-corrected chi connectivity index (χ1v) is 6.66. The third-order valence-electron chi connectivity index (χ3n) is 4.04. The molecule has 0 aliphatic carbocycles. The van der Waals surface area contributed by atoms with Gasteiger partial charge in [-0.15, -0.1) is 0 Å². The van der Waals surface area contributed by atoms with Gasteiger partial charge in [0.2, 0.25) is 0 Å². The van der Waals surface area contributed by atoms with Gasteiger partial charge in [-0.3, -0.25) is 0 Å². The van der Waals surface area contributed by atoms with Crippen LogP contribution in [0.1, 0.15) is 38.2 Å². The average molecular weight is 233 g/mol. The molecule has 0 radical (unpaired) electrons. The number of hydrogen-bond acceptors (Lipinski definition) is 2. The molecule has 1 aliphatic rings. The lowest BCUT2D eigenvalue weighted by molar-refractivity contribution is 0.336. The first kappa shape index (κ1) is 12.4. The minimum absolute atomic E-state index is 0.392. The lowest BCUT2D eigenvalue weighted by Gasteiger charge is -2.28. The molecule has 94 valence electrons. The van der Waals surface area contributed by atoms with Crippen LogP contribution >= 0.6 is 0 Å². The summed E-state index contributed by atoms with van der Waals surface area (Å²) in [4.78, 5) is 0. The Labute approximate surface area is 104 Å². The molecule has 2 heteroatoms. The van der Waals surface area contributed by atoms with Crippen molar-refractivity contribution < 1.29 is 4.74 Å². The third kappa shape index (κ3) is 3.01. The van der Waals surface area contributed by atoms with Crippen LogP contribution in [0.3, 0.4) is 0 Å². The molecule has 1 aliphatic heterocycles. The van der Waals surface area contributed by atoms with Gasteiger partial charge in [0, 0.05) is 5.54 Å². The third-order valence-corrected chi connectivity index (χ3v) is 4.04. The van der Waals surface area contributed by atoms with E-state index in [0.29, 0.717) is 5.54 Å². The molecule has 0 amide bonds. The molecule has 1 aromatic rings. The van der Waals surface area contributed by atoms with Crippen LogP contribution in [0.25, 0.3) is 0 Å². The maximum Gasteiger partial charge on any atom is 0.119 e. The summed E-state index contributed by atoms with van der Waals surface area (Å²) in [6.07, 6.45) is 6.26. The molecule has 0 spiro atoms. The fraction of sp³-hybridized carbons (Fsp3) is 0.600. The number of hydrogen-bond donors (Lipinski definition) is 1.